The predicted molar refractivity (Wildman–Crippen MR) is 91.3 cm³/mol. The maximum absolute atomic E-state index is 11.4. The van der Waals surface area contributed by atoms with Gasteiger partial charge >= 0.3 is 5.17 Å². The van der Waals surface area contributed by atoms with E-state index < -0.39 is 5.72 Å². The van der Waals surface area contributed by atoms with Crippen molar-refractivity contribution >= 4 is 22.6 Å². The Labute approximate surface area is 134 Å². The first kappa shape index (κ1) is 13.9. The van der Waals surface area contributed by atoms with Gasteiger partial charge in [-0.3, -0.25) is 0 Å². The molecule has 0 radical (unpaired) electrons. The summed E-state index contributed by atoms with van der Waals surface area (Å²) in [5.41, 5.74) is 1.16. The number of nitrogens with zero attached hydrogens (tertiary/aromatic N) is 2. The second-order valence-corrected chi connectivity index (χ2v) is 6.80. The van der Waals surface area contributed by atoms with Gasteiger partial charge in [0.1, 0.15) is 5.69 Å². The van der Waals surface area contributed by atoms with Gasteiger partial charge in [-0.25, -0.2) is 9.48 Å². The first-order chi connectivity index (χ1) is 10.8. The lowest BCUT2D eigenvalue weighted by Crippen LogP contribution is -2.41. The quantitative estimate of drug-likeness (QED) is 0.864. The van der Waals surface area contributed by atoms with E-state index in [0.29, 0.717) is 6.54 Å². The van der Waals surface area contributed by atoms with E-state index in [-0.39, 0.29) is 0 Å². The molecule has 0 aromatic heterocycles. The number of thioether (sulfide) groups is 1. The van der Waals surface area contributed by atoms with Gasteiger partial charge in [-0.1, -0.05) is 48.5 Å². The summed E-state index contributed by atoms with van der Waals surface area (Å²) in [7, 11) is 0. The molecule has 2 aromatic rings. The minimum absolute atomic E-state index is 0.573. The minimum atomic E-state index is -0.945. The molecule has 1 N–H and O–H groups in total. The van der Waals surface area contributed by atoms with Crippen LogP contribution in [0.2, 0.25) is 0 Å². The van der Waals surface area contributed by atoms with E-state index in [4.69, 9.17) is 0 Å². The van der Waals surface area contributed by atoms with E-state index in [1.54, 1.807) is 0 Å². The van der Waals surface area contributed by atoms with E-state index in [1.165, 1.54) is 5.17 Å². The maximum Gasteiger partial charge on any atom is 0.316 e. The fourth-order valence-corrected chi connectivity index (χ4v) is 4.44. The van der Waals surface area contributed by atoms with Crippen LogP contribution in [0.3, 0.4) is 0 Å². The van der Waals surface area contributed by atoms with Crippen molar-refractivity contribution in [3.63, 3.8) is 0 Å². The molecule has 2 heterocycles. The van der Waals surface area contributed by atoms with Crippen LogP contribution in [0, 0.1) is 0 Å². The third-order valence-electron chi connectivity index (χ3n) is 4.35. The molecule has 0 saturated heterocycles. The van der Waals surface area contributed by atoms with Crippen LogP contribution in [-0.2, 0) is 5.72 Å². The van der Waals surface area contributed by atoms with Crippen LogP contribution in [0.15, 0.2) is 60.7 Å². The number of aliphatic hydroxyl groups is 1. The molecule has 4 rings (SSSR count). The number of anilines is 1. The number of β-amino-alcohol motifs (C(OH)–C–C–N with tert-alkyl or cyclic N) is 1. The lowest BCUT2D eigenvalue weighted by molar-refractivity contribution is -0.656. The Morgan fingerprint density at radius 3 is 2.41 bits per heavy atom. The van der Waals surface area contributed by atoms with Crippen molar-refractivity contribution in [2.45, 2.75) is 12.1 Å². The molecule has 0 bridgehead atoms. The molecule has 3 nitrogen and oxygen atoms in total. The largest absolute Gasteiger partial charge is 0.346 e. The first-order valence-corrected chi connectivity index (χ1v) is 8.65. The van der Waals surface area contributed by atoms with Crippen LogP contribution in [0.1, 0.15) is 12.0 Å². The van der Waals surface area contributed by atoms with E-state index in [2.05, 4.69) is 21.6 Å². The van der Waals surface area contributed by atoms with Gasteiger partial charge in [0.2, 0.25) is 0 Å². The van der Waals surface area contributed by atoms with Crippen LogP contribution in [-0.4, -0.2) is 33.7 Å². The standard InChI is InChI=1S/C18H19N2OS/c21-18(15-8-3-1-4-9-15)14-19(16-10-5-2-6-11-16)17-20(18)12-7-13-22-17/h1-6,8-11,21H,7,12-14H2/q+1. The smallest absolute Gasteiger partial charge is 0.316 e. The first-order valence-electron chi connectivity index (χ1n) is 7.67. The molecule has 0 amide bonds. The highest BCUT2D eigenvalue weighted by Crippen LogP contribution is 2.37. The Balaban J connectivity index is 1.81. The molecule has 2 aromatic carbocycles. The van der Waals surface area contributed by atoms with E-state index in [1.807, 2.05) is 60.3 Å². The van der Waals surface area contributed by atoms with Gasteiger partial charge in [-0.2, -0.15) is 0 Å². The van der Waals surface area contributed by atoms with Gasteiger partial charge < -0.3 is 5.11 Å². The normalized spacial score (nSPS) is 24.5. The zero-order valence-corrected chi connectivity index (χ0v) is 13.2. The average molecular weight is 311 g/mol. The lowest BCUT2D eigenvalue weighted by atomic mass is 10.0. The highest BCUT2D eigenvalue weighted by molar-refractivity contribution is 8.13. The number of amidine groups is 1. The molecule has 2 aliphatic heterocycles. The average Bonchev–Trinajstić information content (AvgIpc) is 2.91. The highest BCUT2D eigenvalue weighted by atomic mass is 32.2. The molecule has 0 aliphatic carbocycles. The molecule has 22 heavy (non-hydrogen) atoms. The Kier molecular flexibility index (Phi) is 3.43. The van der Waals surface area contributed by atoms with E-state index in [9.17, 15) is 5.11 Å². The molecule has 1 unspecified atom stereocenters. The van der Waals surface area contributed by atoms with Crippen LogP contribution < -0.4 is 4.90 Å². The molecular weight excluding hydrogens is 292 g/mol. The molecule has 0 fully saturated rings. The van der Waals surface area contributed by atoms with Gasteiger partial charge in [0.05, 0.1) is 6.54 Å². The Hall–Kier alpha value is -1.78. The molecule has 112 valence electrons. The number of hydrogen-bond donors (Lipinski definition) is 1. The molecule has 1 atom stereocenters. The summed E-state index contributed by atoms with van der Waals surface area (Å²) in [6, 6.07) is 20.4. The van der Waals surface area contributed by atoms with Crippen molar-refractivity contribution in [3.8, 4) is 0 Å². The number of rotatable bonds is 2. The summed E-state index contributed by atoms with van der Waals surface area (Å²) >= 11 is 1.84. The fraction of sp³-hybridized carbons (Fsp3) is 0.278. The summed E-state index contributed by atoms with van der Waals surface area (Å²) in [5.74, 6) is 1.11. The Morgan fingerprint density at radius 1 is 1.00 bits per heavy atom. The van der Waals surface area contributed by atoms with Crippen LogP contribution in [0.4, 0.5) is 5.69 Å². The summed E-state index contributed by atoms with van der Waals surface area (Å²) in [4.78, 5) is 2.25. The van der Waals surface area contributed by atoms with Crippen molar-refractivity contribution in [3.05, 3.63) is 66.2 Å². The maximum atomic E-state index is 11.4. The van der Waals surface area contributed by atoms with Crippen molar-refractivity contribution in [2.24, 2.45) is 0 Å². The van der Waals surface area contributed by atoms with Gasteiger partial charge in [0.25, 0.3) is 5.72 Å². The van der Waals surface area contributed by atoms with Crippen molar-refractivity contribution in [2.75, 3.05) is 23.7 Å². The fourth-order valence-electron chi connectivity index (χ4n) is 3.26. The molecule has 0 spiro atoms. The van der Waals surface area contributed by atoms with Crippen LogP contribution in [0.25, 0.3) is 0 Å². The highest BCUT2D eigenvalue weighted by Gasteiger charge is 2.53. The number of para-hydroxylation sites is 1. The molecular formula is C18H19N2OS+. The topological polar surface area (TPSA) is 26.5 Å². The van der Waals surface area contributed by atoms with Gasteiger partial charge in [0, 0.05) is 11.3 Å². The van der Waals surface area contributed by atoms with Crippen LogP contribution >= 0.6 is 11.8 Å². The van der Waals surface area contributed by atoms with Crippen LogP contribution in [0.5, 0.6) is 0 Å². The van der Waals surface area contributed by atoms with Gasteiger partial charge in [-0.15, -0.1) is 0 Å². The molecule has 2 aliphatic rings. The van der Waals surface area contributed by atoms with Gasteiger partial charge in [-0.05, 0) is 30.3 Å². The molecule has 4 heteroatoms. The zero-order chi connectivity index (χ0) is 15.0. The second kappa shape index (κ2) is 5.45. The summed E-state index contributed by atoms with van der Waals surface area (Å²) < 4.78 is 2.17. The summed E-state index contributed by atoms with van der Waals surface area (Å²) in [6.45, 7) is 1.47. The predicted octanol–water partition coefficient (Wildman–Crippen LogP) is 2.86. The Morgan fingerprint density at radius 2 is 1.68 bits per heavy atom. The number of benzene rings is 2. The third-order valence-corrected chi connectivity index (χ3v) is 5.54. The van der Waals surface area contributed by atoms with E-state index in [0.717, 1.165) is 30.0 Å². The van der Waals surface area contributed by atoms with Crippen molar-refractivity contribution in [1.82, 2.24) is 0 Å². The molecule has 0 saturated carbocycles. The van der Waals surface area contributed by atoms with Gasteiger partial charge in [0.15, 0.2) is 6.54 Å². The summed E-state index contributed by atoms with van der Waals surface area (Å²) in [6.07, 6.45) is 1.10. The minimum Gasteiger partial charge on any atom is -0.346 e. The SMILES string of the molecule is OC1(c2ccccc2)CN(c2ccccc2)C2=[N+]1CCCS2. The van der Waals surface area contributed by atoms with E-state index >= 15 is 0 Å². The summed E-state index contributed by atoms with van der Waals surface area (Å²) in [5, 5.41) is 12.6. The van der Waals surface area contributed by atoms with Crippen molar-refractivity contribution in [1.29, 1.82) is 0 Å². The second-order valence-electron chi connectivity index (χ2n) is 5.74. The Bertz CT molecular complexity index is 702. The third kappa shape index (κ3) is 2.14. The zero-order valence-electron chi connectivity index (χ0n) is 12.4. The lowest BCUT2D eigenvalue weighted by Gasteiger charge is -2.24. The number of hydrogen-bond acceptors (Lipinski definition) is 3. The van der Waals surface area contributed by atoms with Crippen molar-refractivity contribution < 1.29 is 9.68 Å². The monoisotopic (exact) mass is 311 g/mol.